The van der Waals surface area contributed by atoms with Crippen molar-refractivity contribution in [2.24, 2.45) is 5.92 Å². The number of imidazole rings is 1. The number of aliphatic hydroxyl groups is 3. The van der Waals surface area contributed by atoms with Crippen LogP contribution in [0.4, 0.5) is 24.8 Å². The first kappa shape index (κ1) is 22.7. The molecular formula is C21H24F3N7O3. The van der Waals surface area contributed by atoms with Gasteiger partial charge in [-0.3, -0.25) is 0 Å². The Morgan fingerprint density at radius 3 is 2.59 bits per heavy atom. The summed E-state index contributed by atoms with van der Waals surface area (Å²) in [7, 11) is 0. The van der Waals surface area contributed by atoms with Gasteiger partial charge in [0.15, 0.2) is 11.5 Å². The Labute approximate surface area is 192 Å². The SMILES string of the molecule is OC[C@H]1C[C@@H](n2cnc3c(N[C@H]4CCN(c5ccc(C(F)(F)F)cn5)C4)ncnc32)[C@@H](O)[C@H]1O. The zero-order valence-electron chi connectivity index (χ0n) is 18.0. The second-order valence-corrected chi connectivity index (χ2v) is 8.75. The summed E-state index contributed by atoms with van der Waals surface area (Å²) in [4.78, 5) is 18.9. The van der Waals surface area contributed by atoms with Gasteiger partial charge in [0.2, 0.25) is 0 Å². The number of aromatic nitrogens is 5. The van der Waals surface area contributed by atoms with Crippen LogP contribution >= 0.6 is 0 Å². The van der Waals surface area contributed by atoms with E-state index in [1.165, 1.54) is 18.7 Å². The number of hydrogen-bond acceptors (Lipinski definition) is 9. The molecule has 5 rings (SSSR count). The Morgan fingerprint density at radius 1 is 1.09 bits per heavy atom. The Kier molecular flexibility index (Phi) is 5.78. The summed E-state index contributed by atoms with van der Waals surface area (Å²) in [5.74, 6) is 0.546. The van der Waals surface area contributed by atoms with Gasteiger partial charge in [-0.05, 0) is 25.0 Å². The predicted octanol–water partition coefficient (Wildman–Crippen LogP) is 1.21. The van der Waals surface area contributed by atoms with Gasteiger partial charge in [0.05, 0.1) is 24.0 Å². The summed E-state index contributed by atoms with van der Waals surface area (Å²) < 4.78 is 40.1. The number of halogens is 3. The predicted molar refractivity (Wildman–Crippen MR) is 115 cm³/mol. The third-order valence-corrected chi connectivity index (χ3v) is 6.65. The highest BCUT2D eigenvalue weighted by atomic mass is 19.4. The third-order valence-electron chi connectivity index (χ3n) is 6.65. The van der Waals surface area contributed by atoms with E-state index in [-0.39, 0.29) is 12.6 Å². The van der Waals surface area contributed by atoms with Crippen LogP contribution in [0.5, 0.6) is 0 Å². The topological polar surface area (TPSA) is 132 Å². The summed E-state index contributed by atoms with van der Waals surface area (Å²) in [6.45, 7) is 0.915. The van der Waals surface area contributed by atoms with Crippen molar-refractivity contribution < 1.29 is 28.5 Å². The lowest BCUT2D eigenvalue weighted by atomic mass is 10.1. The van der Waals surface area contributed by atoms with E-state index in [9.17, 15) is 28.5 Å². The van der Waals surface area contributed by atoms with Gasteiger partial charge < -0.3 is 30.1 Å². The van der Waals surface area contributed by atoms with E-state index in [0.29, 0.717) is 42.3 Å². The third kappa shape index (κ3) is 4.03. The first-order valence-corrected chi connectivity index (χ1v) is 11.0. The molecule has 0 spiro atoms. The molecule has 2 aliphatic rings. The number of nitrogens with zero attached hydrogens (tertiary/aromatic N) is 6. The Hall–Kier alpha value is -3.03. The average Bonchev–Trinajstić information content (AvgIpc) is 3.52. The van der Waals surface area contributed by atoms with Gasteiger partial charge >= 0.3 is 6.18 Å². The minimum atomic E-state index is -4.42. The molecule has 0 aromatic carbocycles. The van der Waals surface area contributed by atoms with Crippen molar-refractivity contribution in [3.63, 3.8) is 0 Å². The fraction of sp³-hybridized carbons (Fsp3) is 0.524. The molecule has 1 saturated heterocycles. The van der Waals surface area contributed by atoms with Crippen molar-refractivity contribution in [1.82, 2.24) is 24.5 Å². The Bertz CT molecular complexity index is 1160. The van der Waals surface area contributed by atoms with Crippen molar-refractivity contribution in [3.8, 4) is 0 Å². The number of nitrogens with one attached hydrogen (secondary N) is 1. The molecule has 13 heteroatoms. The van der Waals surface area contributed by atoms with Gasteiger partial charge in [0, 0.05) is 37.9 Å². The summed E-state index contributed by atoms with van der Waals surface area (Å²) in [6, 6.07) is 1.88. The van der Waals surface area contributed by atoms with Crippen LogP contribution in [0.25, 0.3) is 11.2 Å². The summed E-state index contributed by atoms with van der Waals surface area (Å²) in [5, 5.41) is 33.4. The van der Waals surface area contributed by atoms with Gasteiger partial charge in [-0.2, -0.15) is 13.2 Å². The lowest BCUT2D eigenvalue weighted by molar-refractivity contribution is -0.137. The molecule has 4 N–H and O–H groups in total. The van der Waals surface area contributed by atoms with Gasteiger partial charge in [-0.25, -0.2) is 19.9 Å². The number of hydrogen-bond donors (Lipinski definition) is 4. The normalized spacial score (nSPS) is 27.6. The van der Waals surface area contributed by atoms with E-state index in [1.807, 2.05) is 4.90 Å². The van der Waals surface area contributed by atoms with Crippen LogP contribution in [-0.4, -0.2) is 77.8 Å². The highest BCUT2D eigenvalue weighted by Gasteiger charge is 2.42. The molecule has 1 saturated carbocycles. The average molecular weight is 479 g/mol. The minimum Gasteiger partial charge on any atom is -0.396 e. The van der Waals surface area contributed by atoms with E-state index >= 15 is 0 Å². The molecule has 4 heterocycles. The van der Waals surface area contributed by atoms with Crippen LogP contribution in [0.2, 0.25) is 0 Å². The molecule has 5 atom stereocenters. The molecule has 0 radical (unpaired) electrons. The Morgan fingerprint density at radius 2 is 1.91 bits per heavy atom. The fourth-order valence-corrected chi connectivity index (χ4v) is 4.78. The summed E-state index contributed by atoms with van der Waals surface area (Å²) >= 11 is 0. The van der Waals surface area contributed by atoms with Crippen molar-refractivity contribution in [2.45, 2.75) is 43.3 Å². The van der Waals surface area contributed by atoms with E-state index in [1.54, 1.807) is 4.57 Å². The molecule has 3 aromatic rings. The maximum absolute atomic E-state index is 12.8. The molecule has 1 aliphatic carbocycles. The van der Waals surface area contributed by atoms with Gasteiger partial charge in [0.25, 0.3) is 0 Å². The molecule has 3 aromatic heterocycles. The van der Waals surface area contributed by atoms with Gasteiger partial charge in [-0.15, -0.1) is 0 Å². The maximum atomic E-state index is 12.8. The number of alkyl halides is 3. The number of rotatable bonds is 5. The second-order valence-electron chi connectivity index (χ2n) is 8.75. The smallest absolute Gasteiger partial charge is 0.396 e. The first-order chi connectivity index (χ1) is 16.3. The van der Waals surface area contributed by atoms with Crippen LogP contribution in [0.15, 0.2) is 31.0 Å². The molecule has 182 valence electrons. The lowest BCUT2D eigenvalue weighted by Gasteiger charge is -2.19. The number of pyridine rings is 1. The largest absolute Gasteiger partial charge is 0.417 e. The van der Waals surface area contributed by atoms with Crippen LogP contribution in [0.3, 0.4) is 0 Å². The zero-order chi connectivity index (χ0) is 24.0. The van der Waals surface area contributed by atoms with Gasteiger partial charge in [-0.1, -0.05) is 0 Å². The van der Waals surface area contributed by atoms with Crippen LogP contribution < -0.4 is 10.2 Å². The summed E-state index contributed by atoms with van der Waals surface area (Å²) in [5.41, 5.74) is 0.212. The maximum Gasteiger partial charge on any atom is 0.417 e. The molecule has 34 heavy (non-hydrogen) atoms. The summed E-state index contributed by atoms with van der Waals surface area (Å²) in [6.07, 6.45) is -1.64. The van der Waals surface area contributed by atoms with E-state index in [0.717, 1.165) is 18.7 Å². The molecule has 0 amide bonds. The molecule has 0 bridgehead atoms. The highest BCUT2D eigenvalue weighted by Crippen LogP contribution is 2.37. The van der Waals surface area contributed by atoms with Crippen LogP contribution in [0, 0.1) is 5.92 Å². The van der Waals surface area contributed by atoms with E-state index in [4.69, 9.17) is 0 Å². The molecule has 1 aliphatic heterocycles. The van der Waals surface area contributed by atoms with E-state index < -0.39 is 35.9 Å². The monoisotopic (exact) mass is 479 g/mol. The fourth-order valence-electron chi connectivity index (χ4n) is 4.78. The van der Waals surface area contributed by atoms with Crippen molar-refractivity contribution in [2.75, 3.05) is 29.9 Å². The molecule has 2 fully saturated rings. The Balaban J connectivity index is 1.31. The second kappa shape index (κ2) is 8.64. The molecule has 0 unspecified atom stereocenters. The highest BCUT2D eigenvalue weighted by molar-refractivity contribution is 5.83. The van der Waals surface area contributed by atoms with Crippen molar-refractivity contribution in [1.29, 1.82) is 0 Å². The molecule has 10 nitrogen and oxygen atoms in total. The van der Waals surface area contributed by atoms with E-state index in [2.05, 4.69) is 25.3 Å². The standard InChI is InChI=1S/C21H24F3N7O3/c22-21(23,24)12-1-2-15(25-6-12)30-4-3-13(7-30)29-19-16-20(27-9-26-19)31(10-28-16)14-5-11(8-32)17(33)18(14)34/h1-2,6,9-11,13-14,17-18,32-34H,3-5,7-8H2,(H,26,27,29)/t11-,13+,14-,17+,18-/m1/s1. The first-order valence-electron chi connectivity index (χ1n) is 11.0. The lowest BCUT2D eigenvalue weighted by Crippen LogP contribution is -2.30. The van der Waals surface area contributed by atoms with Crippen LogP contribution in [-0.2, 0) is 6.18 Å². The van der Waals surface area contributed by atoms with Crippen LogP contribution in [0.1, 0.15) is 24.4 Å². The number of fused-ring (bicyclic) bond motifs is 1. The van der Waals surface area contributed by atoms with Crippen molar-refractivity contribution >= 4 is 22.8 Å². The number of anilines is 2. The number of aliphatic hydroxyl groups excluding tert-OH is 3. The van der Waals surface area contributed by atoms with Gasteiger partial charge in [0.1, 0.15) is 23.8 Å². The zero-order valence-corrected chi connectivity index (χ0v) is 18.0. The van der Waals surface area contributed by atoms with Crippen molar-refractivity contribution in [3.05, 3.63) is 36.5 Å². The minimum absolute atomic E-state index is 0.0370. The molecular weight excluding hydrogens is 455 g/mol. The quantitative estimate of drug-likeness (QED) is 0.426.